The molecule has 2 saturated carbocycles. The summed E-state index contributed by atoms with van der Waals surface area (Å²) in [6, 6.07) is 6.02. The van der Waals surface area contributed by atoms with E-state index >= 15 is 0 Å². The van der Waals surface area contributed by atoms with Crippen LogP contribution in [-0.4, -0.2) is 43.0 Å². The van der Waals surface area contributed by atoms with E-state index in [1.165, 1.54) is 12.1 Å². The van der Waals surface area contributed by atoms with Gasteiger partial charge in [0.15, 0.2) is 0 Å². The van der Waals surface area contributed by atoms with Gasteiger partial charge in [-0.25, -0.2) is 17.5 Å². The molecule has 3 aliphatic rings. The Labute approximate surface area is 222 Å². The fourth-order valence-corrected chi connectivity index (χ4v) is 9.79. The Morgan fingerprint density at radius 2 is 1.81 bits per heavy atom. The fraction of sp³-hybridized carbons (Fsp3) is 0.600. The Morgan fingerprint density at radius 1 is 1.16 bits per heavy atom. The molecule has 0 radical (unpaired) electrons. The van der Waals surface area contributed by atoms with Gasteiger partial charge in [-0.3, -0.25) is 4.79 Å². The molecular formula is C30H41NO5S. The average Bonchev–Trinajstić information content (AvgIpc) is 3.31. The molecule has 0 aromatic heterocycles. The maximum atomic E-state index is 13.8. The van der Waals surface area contributed by atoms with Crippen LogP contribution >= 0.6 is 0 Å². The van der Waals surface area contributed by atoms with Crippen LogP contribution in [0.15, 0.2) is 49.6 Å². The zero-order chi connectivity index (χ0) is 27.4. The van der Waals surface area contributed by atoms with Crippen LogP contribution in [0.2, 0.25) is 0 Å². The second kappa shape index (κ2) is 9.11. The maximum absolute atomic E-state index is 13.8. The van der Waals surface area contributed by atoms with Gasteiger partial charge in [-0.05, 0) is 66.4 Å². The summed E-state index contributed by atoms with van der Waals surface area (Å²) < 4.78 is 33.5. The summed E-state index contributed by atoms with van der Waals surface area (Å²) in [5, 5.41) is 0. The van der Waals surface area contributed by atoms with Crippen LogP contribution in [-0.2, 0) is 14.8 Å². The van der Waals surface area contributed by atoms with E-state index in [0.717, 1.165) is 23.6 Å². The molecule has 6 nitrogen and oxygen atoms in total. The van der Waals surface area contributed by atoms with E-state index in [9.17, 15) is 18.0 Å². The topological polar surface area (TPSA) is 80.8 Å². The van der Waals surface area contributed by atoms with E-state index in [4.69, 9.17) is 4.74 Å². The summed E-state index contributed by atoms with van der Waals surface area (Å²) in [4.78, 5) is 27.0. The number of carbonyl (C=O) groups excluding carboxylic acids is 2. The fourth-order valence-electron chi connectivity index (χ4n) is 7.27. The van der Waals surface area contributed by atoms with Gasteiger partial charge in [0.25, 0.3) is 5.91 Å². The Morgan fingerprint density at radius 3 is 2.41 bits per heavy atom. The Bertz CT molecular complexity index is 1230. The number of esters is 1. The highest BCUT2D eigenvalue weighted by Crippen LogP contribution is 2.70. The van der Waals surface area contributed by atoms with Crippen LogP contribution in [0.25, 0.3) is 0 Å². The van der Waals surface area contributed by atoms with Gasteiger partial charge in [0, 0.05) is 5.41 Å². The summed E-state index contributed by atoms with van der Waals surface area (Å²) in [6.45, 7) is 18.6. The highest BCUT2D eigenvalue weighted by Gasteiger charge is 2.72. The molecule has 1 aromatic carbocycles. The van der Waals surface area contributed by atoms with Gasteiger partial charge in [0.1, 0.15) is 0 Å². The zero-order valence-electron chi connectivity index (χ0n) is 22.9. The third kappa shape index (κ3) is 4.08. The lowest BCUT2D eigenvalue weighted by molar-refractivity contribution is 0.0377. The smallest absolute Gasteiger partial charge is 0.338 e. The minimum absolute atomic E-state index is 0.00680. The number of sulfonamides is 1. The predicted molar refractivity (Wildman–Crippen MR) is 146 cm³/mol. The van der Waals surface area contributed by atoms with Crippen LogP contribution < -0.4 is 0 Å². The standard InChI is InChI=1S/C30H41NO5S/c1-8-15-27(3,4)29(7,9-2)17-18-36-26(33)23-13-11-10-12-22(23)25(32)31-24-19-21-14-16-30(24,28(21,5)6)20-37(31,34)35/h8-13,21,24H,1-2,14-20H2,3-7H3/t21?,24?,29-,30?/m0/s1. The minimum atomic E-state index is -3.80. The molecule has 3 fully saturated rings. The lowest BCUT2D eigenvalue weighted by Gasteiger charge is -2.42. The second-order valence-corrected chi connectivity index (χ2v) is 14.5. The van der Waals surface area contributed by atoms with E-state index in [1.807, 2.05) is 12.2 Å². The van der Waals surface area contributed by atoms with Gasteiger partial charge in [-0.1, -0.05) is 58.9 Å². The number of fused-ring (bicyclic) bond motifs is 1. The van der Waals surface area contributed by atoms with Crippen LogP contribution in [0.3, 0.4) is 0 Å². The number of carbonyl (C=O) groups is 2. The van der Waals surface area contributed by atoms with Crippen LogP contribution in [0.4, 0.5) is 0 Å². The molecule has 1 heterocycles. The van der Waals surface area contributed by atoms with Crippen molar-refractivity contribution in [2.75, 3.05) is 12.4 Å². The van der Waals surface area contributed by atoms with E-state index in [1.54, 1.807) is 12.1 Å². The van der Waals surface area contributed by atoms with Crippen molar-refractivity contribution in [1.82, 2.24) is 4.31 Å². The number of hydrogen-bond acceptors (Lipinski definition) is 5. The normalized spacial score (nSPS) is 28.8. The molecule has 2 aliphatic carbocycles. The molecule has 202 valence electrons. The molecule has 7 heteroatoms. The molecule has 1 aromatic rings. The summed E-state index contributed by atoms with van der Waals surface area (Å²) in [7, 11) is -3.80. The van der Waals surface area contributed by atoms with Gasteiger partial charge in [0.2, 0.25) is 10.0 Å². The second-order valence-electron chi connectivity index (χ2n) is 12.7. The maximum Gasteiger partial charge on any atom is 0.338 e. The summed E-state index contributed by atoms with van der Waals surface area (Å²) >= 11 is 0. The van der Waals surface area contributed by atoms with Gasteiger partial charge in [-0.2, -0.15) is 0 Å². The molecule has 1 amide bonds. The third-order valence-corrected chi connectivity index (χ3v) is 12.4. The van der Waals surface area contributed by atoms with E-state index in [0.29, 0.717) is 18.8 Å². The Hall–Kier alpha value is -2.41. The summed E-state index contributed by atoms with van der Waals surface area (Å²) in [6.07, 6.45) is 7.61. The number of ether oxygens (including phenoxy) is 1. The first-order valence-corrected chi connectivity index (χ1v) is 14.9. The van der Waals surface area contributed by atoms with Crippen LogP contribution in [0.1, 0.15) is 87.4 Å². The molecule has 1 saturated heterocycles. The van der Waals surface area contributed by atoms with Crippen molar-refractivity contribution >= 4 is 21.9 Å². The zero-order valence-corrected chi connectivity index (χ0v) is 23.7. The number of amides is 1. The SMILES string of the molecule is C=CCC(C)(C)[C@@](C)(C=C)CCOC(=O)c1ccccc1C(=O)N1C2CC3CCC2(CS1(=O)=O)C3(C)C. The number of hydrogen-bond donors (Lipinski definition) is 0. The number of nitrogens with zero attached hydrogens (tertiary/aromatic N) is 1. The first-order valence-electron chi connectivity index (χ1n) is 13.2. The van der Waals surface area contributed by atoms with Gasteiger partial charge in [0.05, 0.1) is 29.5 Å². The number of allylic oxidation sites excluding steroid dienone is 2. The number of benzene rings is 1. The molecule has 3 unspecified atom stereocenters. The van der Waals surface area contributed by atoms with Crippen molar-refractivity contribution < 1.29 is 22.7 Å². The highest BCUT2D eigenvalue weighted by atomic mass is 32.2. The molecule has 1 aliphatic heterocycles. The number of rotatable bonds is 9. The van der Waals surface area contributed by atoms with E-state index in [-0.39, 0.29) is 45.8 Å². The monoisotopic (exact) mass is 527 g/mol. The Balaban J connectivity index is 1.55. The lowest BCUT2D eigenvalue weighted by Crippen LogP contribution is -2.44. The van der Waals surface area contributed by atoms with Crippen molar-refractivity contribution in [2.45, 2.75) is 72.8 Å². The molecular weight excluding hydrogens is 486 g/mol. The third-order valence-electron chi connectivity index (χ3n) is 10.5. The van der Waals surface area contributed by atoms with Crippen LogP contribution in [0, 0.1) is 27.6 Å². The first kappa shape index (κ1) is 27.6. The minimum Gasteiger partial charge on any atom is -0.462 e. The molecule has 2 bridgehead atoms. The van der Waals surface area contributed by atoms with E-state index in [2.05, 4.69) is 47.8 Å². The lowest BCUT2D eigenvalue weighted by atomic mass is 9.63. The van der Waals surface area contributed by atoms with Crippen molar-refractivity contribution in [2.24, 2.45) is 27.6 Å². The van der Waals surface area contributed by atoms with Crippen molar-refractivity contribution in [1.29, 1.82) is 0 Å². The highest BCUT2D eigenvalue weighted by molar-refractivity contribution is 7.90. The van der Waals surface area contributed by atoms with Crippen molar-refractivity contribution in [3.63, 3.8) is 0 Å². The molecule has 0 N–H and O–H groups in total. The quantitative estimate of drug-likeness (QED) is 0.290. The Kier molecular flexibility index (Phi) is 6.80. The average molecular weight is 528 g/mol. The predicted octanol–water partition coefficient (Wildman–Crippen LogP) is 6.01. The summed E-state index contributed by atoms with van der Waals surface area (Å²) in [5.41, 5.74) is -0.831. The van der Waals surface area contributed by atoms with Crippen molar-refractivity contribution in [3.8, 4) is 0 Å². The largest absolute Gasteiger partial charge is 0.462 e. The van der Waals surface area contributed by atoms with Crippen molar-refractivity contribution in [3.05, 3.63) is 60.7 Å². The van der Waals surface area contributed by atoms with Crippen LogP contribution in [0.5, 0.6) is 0 Å². The molecule has 37 heavy (non-hydrogen) atoms. The molecule has 1 spiro atoms. The summed E-state index contributed by atoms with van der Waals surface area (Å²) in [5.74, 6) is -0.863. The van der Waals surface area contributed by atoms with E-state index < -0.39 is 27.3 Å². The van der Waals surface area contributed by atoms with Gasteiger partial charge >= 0.3 is 5.97 Å². The van der Waals surface area contributed by atoms with Gasteiger partial charge < -0.3 is 4.74 Å². The first-order chi connectivity index (χ1) is 17.2. The molecule has 4 atom stereocenters. The van der Waals surface area contributed by atoms with Gasteiger partial charge in [-0.15, -0.1) is 13.2 Å². The molecule has 4 rings (SSSR count).